The van der Waals surface area contributed by atoms with Crippen LogP contribution in [0.15, 0.2) is 55.2 Å². The second-order valence-corrected chi connectivity index (χ2v) is 8.11. The van der Waals surface area contributed by atoms with Gasteiger partial charge in [0.2, 0.25) is 0 Å². The lowest BCUT2D eigenvalue weighted by atomic mass is 10.0. The number of nitrogens with zero attached hydrogens (tertiary/aromatic N) is 7. The van der Waals surface area contributed by atoms with E-state index >= 15 is 0 Å². The smallest absolute Gasteiger partial charge is 0.395 e. The lowest BCUT2D eigenvalue weighted by Gasteiger charge is -2.33. The van der Waals surface area contributed by atoms with Crippen molar-refractivity contribution in [3.05, 3.63) is 72.5 Å². The number of rotatable bonds is 5. The average molecular weight is 487 g/mol. The Kier molecular flexibility index (Phi) is 7.22. The molecule has 35 heavy (non-hydrogen) atoms. The number of alkyl halides is 3. The molecule has 1 aliphatic heterocycles. The van der Waals surface area contributed by atoms with Crippen LogP contribution in [0.5, 0.6) is 0 Å². The van der Waals surface area contributed by atoms with E-state index in [0.29, 0.717) is 43.1 Å². The van der Waals surface area contributed by atoms with Gasteiger partial charge < -0.3 is 15.7 Å². The van der Waals surface area contributed by atoms with Crippen LogP contribution in [0.25, 0.3) is 11.3 Å². The molecule has 12 heteroatoms. The van der Waals surface area contributed by atoms with Crippen molar-refractivity contribution in [2.45, 2.75) is 31.8 Å². The van der Waals surface area contributed by atoms with Gasteiger partial charge >= 0.3 is 6.18 Å². The van der Waals surface area contributed by atoms with Crippen LogP contribution >= 0.6 is 0 Å². The Hall–Kier alpha value is -3.64. The molecule has 3 N–H and O–H groups in total. The van der Waals surface area contributed by atoms with E-state index in [0.717, 1.165) is 12.4 Å². The van der Waals surface area contributed by atoms with E-state index in [2.05, 4.69) is 24.9 Å². The molecule has 184 valence electrons. The summed E-state index contributed by atoms with van der Waals surface area (Å²) < 4.78 is 38.5. The minimum atomic E-state index is -4.55. The second-order valence-electron chi connectivity index (χ2n) is 8.11. The third-order valence-electron chi connectivity index (χ3n) is 5.87. The first-order chi connectivity index (χ1) is 16.8. The minimum absolute atomic E-state index is 0.0828. The highest BCUT2D eigenvalue weighted by molar-refractivity contribution is 5.87. The van der Waals surface area contributed by atoms with E-state index in [9.17, 15) is 18.3 Å². The minimum Gasteiger partial charge on any atom is -0.395 e. The van der Waals surface area contributed by atoms with Crippen LogP contribution in [0.4, 0.5) is 19.0 Å². The van der Waals surface area contributed by atoms with Gasteiger partial charge in [0.05, 0.1) is 23.8 Å². The maximum atomic E-state index is 12.8. The van der Waals surface area contributed by atoms with Crippen molar-refractivity contribution in [2.75, 3.05) is 24.5 Å². The fraction of sp³-hybridized carbons (Fsp3) is 0.348. The molecule has 0 amide bonds. The van der Waals surface area contributed by atoms with Crippen molar-refractivity contribution in [1.82, 2.24) is 29.8 Å². The van der Waals surface area contributed by atoms with Crippen LogP contribution in [0.1, 0.15) is 30.6 Å². The molecule has 0 spiro atoms. The van der Waals surface area contributed by atoms with Crippen LogP contribution in [0.2, 0.25) is 0 Å². The highest BCUT2D eigenvalue weighted by Gasteiger charge is 2.34. The predicted molar refractivity (Wildman–Crippen MR) is 123 cm³/mol. The van der Waals surface area contributed by atoms with Crippen molar-refractivity contribution in [3.8, 4) is 0 Å². The van der Waals surface area contributed by atoms with Crippen molar-refractivity contribution in [1.29, 1.82) is 0 Å². The molecule has 3 aromatic heterocycles. The van der Waals surface area contributed by atoms with E-state index in [-0.39, 0.29) is 17.6 Å². The number of aliphatic hydroxyl groups is 1. The summed E-state index contributed by atoms with van der Waals surface area (Å²) in [5.74, 6) is 0.621. The second kappa shape index (κ2) is 10.3. The number of halogens is 3. The highest BCUT2D eigenvalue weighted by Crippen LogP contribution is 2.30. The Bertz CT molecular complexity index is 1140. The van der Waals surface area contributed by atoms with Gasteiger partial charge in [0.25, 0.3) is 0 Å². The summed E-state index contributed by atoms with van der Waals surface area (Å²) in [4.78, 5) is 24.0. The van der Waals surface area contributed by atoms with Gasteiger partial charge in [-0.25, -0.2) is 19.9 Å². The molecular formula is C23H25F3N8O. The van der Waals surface area contributed by atoms with E-state index in [1.807, 2.05) is 16.7 Å². The molecule has 4 heterocycles. The van der Waals surface area contributed by atoms with Crippen LogP contribution in [-0.4, -0.2) is 66.8 Å². The number of pyridine rings is 1. The monoisotopic (exact) mass is 486 g/mol. The molecule has 1 unspecified atom stereocenters. The van der Waals surface area contributed by atoms with Gasteiger partial charge in [0.1, 0.15) is 12.0 Å². The number of hydrogen-bond acceptors (Lipinski definition) is 9. The zero-order valence-corrected chi connectivity index (χ0v) is 19.0. The summed E-state index contributed by atoms with van der Waals surface area (Å²) in [6.45, 7) is 3.31. The summed E-state index contributed by atoms with van der Waals surface area (Å²) in [5, 5.41) is 11.5. The third-order valence-corrected chi connectivity index (χ3v) is 5.87. The molecule has 1 aliphatic rings. The Morgan fingerprint density at radius 2 is 1.74 bits per heavy atom. The third kappa shape index (κ3) is 5.54. The van der Waals surface area contributed by atoms with Gasteiger partial charge in [0.15, 0.2) is 11.5 Å². The number of anilines is 1. The quantitative estimate of drug-likeness (QED) is 0.561. The molecule has 1 fully saturated rings. The van der Waals surface area contributed by atoms with E-state index in [4.69, 9.17) is 5.73 Å². The molecule has 4 rings (SSSR count). The molecule has 0 aliphatic carbocycles. The molecular weight excluding hydrogens is 461 g/mol. The van der Waals surface area contributed by atoms with Gasteiger partial charge in [0, 0.05) is 49.8 Å². The van der Waals surface area contributed by atoms with Crippen molar-refractivity contribution < 1.29 is 18.3 Å². The average Bonchev–Trinajstić information content (AvgIpc) is 3.06. The normalized spacial score (nSPS) is 19.1. The van der Waals surface area contributed by atoms with Crippen molar-refractivity contribution in [3.63, 3.8) is 0 Å². The van der Waals surface area contributed by atoms with Gasteiger partial charge in [-0.3, -0.25) is 9.88 Å². The summed E-state index contributed by atoms with van der Waals surface area (Å²) in [5.41, 5.74) is 6.48. The van der Waals surface area contributed by atoms with E-state index < -0.39 is 18.1 Å². The Morgan fingerprint density at radius 3 is 2.37 bits per heavy atom. The molecule has 0 saturated carbocycles. The molecule has 0 aromatic carbocycles. The van der Waals surface area contributed by atoms with Crippen LogP contribution in [0, 0.1) is 0 Å². The zero-order valence-electron chi connectivity index (χ0n) is 19.0. The van der Waals surface area contributed by atoms with Crippen molar-refractivity contribution in [2.24, 2.45) is 5.73 Å². The fourth-order valence-electron chi connectivity index (χ4n) is 3.96. The Balaban J connectivity index is 1.60. The van der Waals surface area contributed by atoms with Gasteiger partial charge in [-0.1, -0.05) is 6.07 Å². The molecule has 3 aromatic rings. The lowest BCUT2D eigenvalue weighted by Crippen LogP contribution is -2.44. The van der Waals surface area contributed by atoms with Gasteiger partial charge in [-0.05, 0) is 31.5 Å². The molecule has 2 atom stereocenters. The first-order valence-corrected chi connectivity index (χ1v) is 11.0. The standard InChI is InChI=1S/C23H25F3N8O/c1-15-6-10-33(18-14-31-17(13-32-18)23(24,25)26)11-12-34(15)22(35)19(16-5-2-3-7-28-16)20(27)21-29-8-4-9-30-21/h2-5,7-9,13-15,22,35H,6,10-12,27H2,1H3/t15-,22?/m1/s1. The number of nitrogens with two attached hydrogens (primary N) is 1. The van der Waals surface area contributed by atoms with Gasteiger partial charge in [-0.15, -0.1) is 0 Å². The number of aromatic nitrogens is 5. The summed E-state index contributed by atoms with van der Waals surface area (Å²) >= 11 is 0. The number of aliphatic hydroxyl groups excluding tert-OH is 1. The van der Waals surface area contributed by atoms with Gasteiger partial charge in [-0.2, -0.15) is 13.2 Å². The lowest BCUT2D eigenvalue weighted by molar-refractivity contribution is -0.141. The maximum Gasteiger partial charge on any atom is 0.434 e. The topological polar surface area (TPSA) is 117 Å². The fourth-order valence-corrected chi connectivity index (χ4v) is 3.96. The first kappa shape index (κ1) is 24.5. The zero-order chi connectivity index (χ0) is 25.0. The molecule has 9 nitrogen and oxygen atoms in total. The first-order valence-electron chi connectivity index (χ1n) is 11.0. The largest absolute Gasteiger partial charge is 0.434 e. The van der Waals surface area contributed by atoms with E-state index in [1.165, 1.54) is 0 Å². The van der Waals surface area contributed by atoms with Crippen LogP contribution < -0.4 is 10.6 Å². The Labute approximate surface area is 200 Å². The molecule has 0 bridgehead atoms. The Morgan fingerprint density at radius 1 is 1.00 bits per heavy atom. The molecule has 1 saturated heterocycles. The van der Waals surface area contributed by atoms with Crippen LogP contribution in [0.3, 0.4) is 0 Å². The molecule has 0 radical (unpaired) electrons. The van der Waals surface area contributed by atoms with Crippen LogP contribution in [-0.2, 0) is 6.18 Å². The number of hydrogen-bond donors (Lipinski definition) is 2. The highest BCUT2D eigenvalue weighted by atomic mass is 19.4. The summed E-state index contributed by atoms with van der Waals surface area (Å²) in [6, 6.07) is 6.90. The maximum absolute atomic E-state index is 12.8. The summed E-state index contributed by atoms with van der Waals surface area (Å²) in [7, 11) is 0. The SMILES string of the molecule is C[C@@H]1CCN(c2cnc(C(F)(F)F)cn2)CCN1C(O)C(=C(N)c1ncccn1)c1ccccn1. The van der Waals surface area contributed by atoms with Crippen molar-refractivity contribution >= 4 is 17.1 Å². The van der Waals surface area contributed by atoms with E-state index in [1.54, 1.807) is 42.9 Å². The predicted octanol–water partition coefficient (Wildman–Crippen LogP) is 2.43. The summed E-state index contributed by atoms with van der Waals surface area (Å²) in [6.07, 6.45) is 1.56.